The molecule has 0 saturated carbocycles. The van der Waals surface area contributed by atoms with Crippen molar-refractivity contribution in [2.45, 2.75) is 6.92 Å². The number of anilines is 1. The Morgan fingerprint density at radius 3 is 2.59 bits per heavy atom. The number of benzene rings is 1. The fourth-order valence-corrected chi connectivity index (χ4v) is 1.96. The zero-order valence-electron chi connectivity index (χ0n) is 11.6. The number of carbonyl (C=O) groups is 1. The van der Waals surface area contributed by atoms with E-state index in [1.165, 1.54) is 35.0 Å². The number of rotatable bonds is 4. The summed E-state index contributed by atoms with van der Waals surface area (Å²) in [7, 11) is 0. The lowest BCUT2D eigenvalue weighted by atomic mass is 10.2. The number of nitro groups is 1. The molecule has 0 amide bonds. The monoisotopic (exact) mass is 300 g/mol. The molecule has 0 atom stereocenters. The maximum atomic E-state index is 12.0. The minimum atomic E-state index is -0.667. The van der Waals surface area contributed by atoms with Gasteiger partial charge in [0.05, 0.1) is 22.8 Å². The predicted molar refractivity (Wildman–Crippen MR) is 77.5 cm³/mol. The third-order valence-electron chi connectivity index (χ3n) is 2.97. The SMILES string of the molecule is CCOC(=O)c1c(N)c(C#N)cn1-c1ccc([N+](=O)[O-])cc1. The van der Waals surface area contributed by atoms with Crippen LogP contribution in [0.5, 0.6) is 0 Å². The van der Waals surface area contributed by atoms with E-state index in [9.17, 15) is 14.9 Å². The molecule has 0 fully saturated rings. The molecular weight excluding hydrogens is 288 g/mol. The van der Waals surface area contributed by atoms with Gasteiger partial charge in [-0.2, -0.15) is 5.26 Å². The van der Waals surface area contributed by atoms with Crippen molar-refractivity contribution in [2.75, 3.05) is 12.3 Å². The van der Waals surface area contributed by atoms with Gasteiger partial charge in [-0.05, 0) is 19.1 Å². The molecule has 0 aliphatic carbocycles. The van der Waals surface area contributed by atoms with E-state index in [4.69, 9.17) is 15.7 Å². The molecule has 1 aromatic heterocycles. The Balaban J connectivity index is 2.57. The van der Waals surface area contributed by atoms with Crippen LogP contribution in [-0.4, -0.2) is 22.1 Å². The summed E-state index contributed by atoms with van der Waals surface area (Å²) in [5.74, 6) is -0.667. The smallest absolute Gasteiger partial charge is 0.357 e. The molecule has 0 aliphatic rings. The Labute approximate surface area is 125 Å². The molecule has 8 nitrogen and oxygen atoms in total. The maximum Gasteiger partial charge on any atom is 0.357 e. The number of hydrogen-bond acceptors (Lipinski definition) is 6. The fourth-order valence-electron chi connectivity index (χ4n) is 1.96. The number of non-ortho nitro benzene ring substituents is 1. The molecule has 0 saturated heterocycles. The first-order valence-electron chi connectivity index (χ1n) is 6.32. The molecule has 0 bridgehead atoms. The van der Waals surface area contributed by atoms with Crippen LogP contribution in [0.25, 0.3) is 5.69 Å². The van der Waals surface area contributed by atoms with Crippen molar-refractivity contribution < 1.29 is 14.5 Å². The number of aromatic nitrogens is 1. The maximum absolute atomic E-state index is 12.0. The summed E-state index contributed by atoms with van der Waals surface area (Å²) in [6.45, 7) is 1.81. The van der Waals surface area contributed by atoms with Crippen molar-refractivity contribution in [2.24, 2.45) is 0 Å². The summed E-state index contributed by atoms with van der Waals surface area (Å²) < 4.78 is 6.32. The van der Waals surface area contributed by atoms with E-state index in [2.05, 4.69) is 0 Å². The van der Waals surface area contributed by atoms with Gasteiger partial charge in [0.25, 0.3) is 5.69 Å². The van der Waals surface area contributed by atoms with E-state index in [1.54, 1.807) is 6.92 Å². The third-order valence-corrected chi connectivity index (χ3v) is 2.97. The Bertz CT molecular complexity index is 771. The number of esters is 1. The molecule has 0 aliphatic heterocycles. The minimum absolute atomic E-state index is 0.0132. The first-order valence-corrected chi connectivity index (χ1v) is 6.32. The molecular formula is C14H12N4O4. The first kappa shape index (κ1) is 15.1. The number of hydrogen-bond donors (Lipinski definition) is 1. The van der Waals surface area contributed by atoms with E-state index >= 15 is 0 Å². The number of nitriles is 1. The summed E-state index contributed by atoms with van der Waals surface area (Å²) in [4.78, 5) is 22.2. The highest BCUT2D eigenvalue weighted by Gasteiger charge is 2.22. The zero-order valence-corrected chi connectivity index (χ0v) is 11.6. The molecule has 0 spiro atoms. The highest BCUT2D eigenvalue weighted by Crippen LogP contribution is 2.25. The molecule has 2 rings (SSSR count). The van der Waals surface area contributed by atoms with Crippen LogP contribution in [0.2, 0.25) is 0 Å². The second-order valence-electron chi connectivity index (χ2n) is 4.28. The predicted octanol–water partition coefficient (Wildman–Crippen LogP) is 2.02. The topological polar surface area (TPSA) is 124 Å². The normalized spacial score (nSPS) is 10.0. The van der Waals surface area contributed by atoms with Gasteiger partial charge in [0.2, 0.25) is 0 Å². The van der Waals surface area contributed by atoms with Crippen molar-refractivity contribution in [3.05, 3.63) is 51.8 Å². The van der Waals surface area contributed by atoms with E-state index < -0.39 is 10.9 Å². The second kappa shape index (κ2) is 5.97. The van der Waals surface area contributed by atoms with Gasteiger partial charge in [-0.25, -0.2) is 4.79 Å². The highest BCUT2D eigenvalue weighted by molar-refractivity contribution is 5.96. The van der Waals surface area contributed by atoms with E-state index in [1.807, 2.05) is 6.07 Å². The van der Waals surface area contributed by atoms with Crippen molar-refractivity contribution in [3.8, 4) is 11.8 Å². The molecule has 1 aromatic carbocycles. The molecule has 0 radical (unpaired) electrons. The molecule has 2 aromatic rings. The van der Waals surface area contributed by atoms with Crippen LogP contribution >= 0.6 is 0 Å². The molecule has 22 heavy (non-hydrogen) atoms. The number of nitrogens with two attached hydrogens (primary N) is 1. The Hall–Kier alpha value is -3.34. The van der Waals surface area contributed by atoms with Gasteiger partial charge in [0.15, 0.2) is 5.69 Å². The lowest BCUT2D eigenvalue weighted by molar-refractivity contribution is -0.384. The van der Waals surface area contributed by atoms with Crippen LogP contribution in [0, 0.1) is 21.4 Å². The summed E-state index contributed by atoms with van der Waals surface area (Å²) in [5.41, 5.74) is 6.35. The number of nitrogens with zero attached hydrogens (tertiary/aromatic N) is 3. The van der Waals surface area contributed by atoms with Gasteiger partial charge in [0.1, 0.15) is 6.07 Å². The second-order valence-corrected chi connectivity index (χ2v) is 4.28. The third kappa shape index (κ3) is 2.60. The number of nitro benzene ring substituents is 1. The van der Waals surface area contributed by atoms with E-state index in [0.717, 1.165) is 0 Å². The van der Waals surface area contributed by atoms with Crippen molar-refractivity contribution in [3.63, 3.8) is 0 Å². The average molecular weight is 300 g/mol. The standard InChI is InChI=1S/C14H12N4O4/c1-2-22-14(19)13-12(16)9(7-15)8-17(13)10-3-5-11(6-4-10)18(20)21/h3-6,8H,2,16H2,1H3. The van der Waals surface area contributed by atoms with Gasteiger partial charge >= 0.3 is 5.97 Å². The molecule has 1 heterocycles. The number of nitrogen functional groups attached to an aromatic ring is 1. The van der Waals surface area contributed by atoms with Crippen molar-refractivity contribution >= 4 is 17.3 Å². The summed E-state index contributed by atoms with van der Waals surface area (Å²) in [6.07, 6.45) is 1.39. The molecule has 0 unspecified atom stereocenters. The number of carbonyl (C=O) groups excluding carboxylic acids is 1. The Morgan fingerprint density at radius 2 is 2.09 bits per heavy atom. The largest absolute Gasteiger partial charge is 0.461 e. The highest BCUT2D eigenvalue weighted by atomic mass is 16.6. The van der Waals surface area contributed by atoms with Crippen LogP contribution in [0.1, 0.15) is 23.0 Å². The van der Waals surface area contributed by atoms with Crippen LogP contribution in [0.3, 0.4) is 0 Å². The molecule has 2 N–H and O–H groups in total. The van der Waals surface area contributed by atoms with Crippen LogP contribution in [0.15, 0.2) is 30.5 Å². The minimum Gasteiger partial charge on any atom is -0.461 e. The quantitative estimate of drug-likeness (QED) is 0.523. The fraction of sp³-hybridized carbons (Fsp3) is 0.143. The van der Waals surface area contributed by atoms with Crippen LogP contribution in [-0.2, 0) is 4.74 Å². The summed E-state index contributed by atoms with van der Waals surface area (Å²) >= 11 is 0. The number of ether oxygens (including phenoxy) is 1. The Morgan fingerprint density at radius 1 is 1.45 bits per heavy atom. The first-order chi connectivity index (χ1) is 10.5. The van der Waals surface area contributed by atoms with Gasteiger partial charge in [-0.3, -0.25) is 10.1 Å². The summed E-state index contributed by atoms with van der Waals surface area (Å²) in [5, 5.41) is 19.7. The summed E-state index contributed by atoms with van der Waals surface area (Å²) in [6, 6.07) is 7.41. The molecule has 112 valence electrons. The Kier molecular flexibility index (Phi) is 4.08. The van der Waals surface area contributed by atoms with Crippen molar-refractivity contribution in [1.29, 1.82) is 5.26 Å². The van der Waals surface area contributed by atoms with Gasteiger partial charge in [0, 0.05) is 24.0 Å². The molecule has 8 heteroatoms. The van der Waals surface area contributed by atoms with Crippen LogP contribution < -0.4 is 5.73 Å². The lowest BCUT2D eigenvalue weighted by Gasteiger charge is -2.09. The van der Waals surface area contributed by atoms with E-state index in [-0.39, 0.29) is 29.2 Å². The average Bonchev–Trinajstić information content (AvgIpc) is 2.84. The van der Waals surface area contributed by atoms with Gasteiger partial charge in [-0.1, -0.05) is 0 Å². The van der Waals surface area contributed by atoms with Crippen molar-refractivity contribution in [1.82, 2.24) is 4.57 Å². The zero-order chi connectivity index (χ0) is 16.3. The van der Waals surface area contributed by atoms with Gasteiger partial charge < -0.3 is 15.0 Å². The van der Waals surface area contributed by atoms with E-state index in [0.29, 0.717) is 5.69 Å². The lowest BCUT2D eigenvalue weighted by Crippen LogP contribution is -2.12. The van der Waals surface area contributed by atoms with Crippen LogP contribution in [0.4, 0.5) is 11.4 Å². The van der Waals surface area contributed by atoms with Gasteiger partial charge in [-0.15, -0.1) is 0 Å².